The molecule has 1 aromatic carbocycles. The van der Waals surface area contributed by atoms with E-state index in [1.807, 2.05) is 0 Å². The number of hydrogen-bond acceptors (Lipinski definition) is 6. The maximum Gasteiger partial charge on any atom is 0.322 e. The molecule has 28 heavy (non-hydrogen) atoms. The first-order valence-electron chi connectivity index (χ1n) is 8.90. The van der Waals surface area contributed by atoms with Crippen LogP contribution in [0.3, 0.4) is 0 Å². The van der Waals surface area contributed by atoms with E-state index in [2.05, 4.69) is 34.2 Å². The highest BCUT2D eigenvalue weighted by molar-refractivity contribution is 5.96. The van der Waals surface area contributed by atoms with Crippen LogP contribution in [0.25, 0.3) is 0 Å². The normalized spacial score (nSPS) is 10.5. The second-order valence-corrected chi connectivity index (χ2v) is 6.57. The Morgan fingerprint density at radius 3 is 2.36 bits per heavy atom. The minimum Gasteiger partial charge on any atom is -0.497 e. The molecule has 1 heterocycles. The number of carbonyl (C=O) groups is 2. The van der Waals surface area contributed by atoms with Gasteiger partial charge in [-0.25, -0.2) is 4.79 Å². The van der Waals surface area contributed by atoms with Crippen molar-refractivity contribution in [2.24, 2.45) is 5.92 Å². The summed E-state index contributed by atoms with van der Waals surface area (Å²) >= 11 is 0. The molecular formula is C19H26N4O5. The molecule has 0 radical (unpaired) electrons. The first-order chi connectivity index (χ1) is 13.4. The number of amides is 3. The number of carbonyl (C=O) groups excluding carboxylic acids is 2. The SMILES string of the molecule is COc1cc(NC(=O)N(CCC(C)C)CC(=O)Nc2ccon2)cc(OC)c1. The first-order valence-corrected chi connectivity index (χ1v) is 8.90. The fraction of sp³-hybridized carbons (Fsp3) is 0.421. The highest BCUT2D eigenvalue weighted by atomic mass is 16.5. The van der Waals surface area contributed by atoms with Crippen LogP contribution in [0.2, 0.25) is 0 Å². The summed E-state index contributed by atoms with van der Waals surface area (Å²) in [4.78, 5) is 26.5. The molecular weight excluding hydrogens is 364 g/mol. The summed E-state index contributed by atoms with van der Waals surface area (Å²) in [5.41, 5.74) is 0.507. The molecule has 0 saturated heterocycles. The lowest BCUT2D eigenvalue weighted by atomic mass is 10.1. The first kappa shape index (κ1) is 21.1. The Hall–Kier alpha value is -3.23. The van der Waals surface area contributed by atoms with E-state index >= 15 is 0 Å². The van der Waals surface area contributed by atoms with Gasteiger partial charge in [-0.3, -0.25) is 4.79 Å². The maximum absolute atomic E-state index is 12.8. The summed E-state index contributed by atoms with van der Waals surface area (Å²) in [6, 6.07) is 6.19. The van der Waals surface area contributed by atoms with Gasteiger partial charge in [-0.2, -0.15) is 0 Å². The van der Waals surface area contributed by atoms with Gasteiger partial charge < -0.3 is 29.5 Å². The van der Waals surface area contributed by atoms with Crippen LogP contribution in [-0.2, 0) is 4.79 Å². The summed E-state index contributed by atoms with van der Waals surface area (Å²) in [5.74, 6) is 1.41. The standard InChI is InChI=1S/C19H26N4O5/c1-13(2)5-7-23(12-18(24)21-17-6-8-28-22-17)19(25)20-14-9-15(26-3)11-16(10-14)27-4/h6,8-11,13H,5,7,12H2,1-4H3,(H,20,25)(H,21,22,24). The van der Waals surface area contributed by atoms with Gasteiger partial charge in [-0.05, 0) is 12.3 Å². The Labute approximate surface area is 164 Å². The highest BCUT2D eigenvalue weighted by Gasteiger charge is 2.19. The van der Waals surface area contributed by atoms with Gasteiger partial charge in [0.1, 0.15) is 24.3 Å². The summed E-state index contributed by atoms with van der Waals surface area (Å²) in [5, 5.41) is 9.02. The predicted octanol–water partition coefficient (Wildman–Crippen LogP) is 3.21. The van der Waals surface area contributed by atoms with Crippen molar-refractivity contribution in [1.29, 1.82) is 0 Å². The van der Waals surface area contributed by atoms with E-state index in [1.165, 1.54) is 31.4 Å². The number of urea groups is 1. The number of nitrogens with one attached hydrogen (secondary N) is 2. The van der Waals surface area contributed by atoms with E-state index in [0.717, 1.165) is 6.42 Å². The Bertz CT molecular complexity index is 754. The molecule has 0 aliphatic carbocycles. The lowest BCUT2D eigenvalue weighted by Gasteiger charge is -2.23. The second-order valence-electron chi connectivity index (χ2n) is 6.57. The number of benzene rings is 1. The number of anilines is 2. The van der Waals surface area contributed by atoms with Crippen molar-refractivity contribution < 1.29 is 23.6 Å². The van der Waals surface area contributed by atoms with Gasteiger partial charge in [0, 0.05) is 36.5 Å². The highest BCUT2D eigenvalue weighted by Crippen LogP contribution is 2.26. The Kier molecular flexibility index (Phi) is 7.67. The lowest BCUT2D eigenvalue weighted by Crippen LogP contribution is -2.41. The number of hydrogen-bond donors (Lipinski definition) is 2. The van der Waals surface area contributed by atoms with Gasteiger partial charge in [0.15, 0.2) is 5.82 Å². The largest absolute Gasteiger partial charge is 0.497 e. The van der Waals surface area contributed by atoms with Crippen molar-refractivity contribution >= 4 is 23.4 Å². The van der Waals surface area contributed by atoms with Gasteiger partial charge >= 0.3 is 6.03 Å². The predicted molar refractivity (Wildman–Crippen MR) is 105 cm³/mol. The van der Waals surface area contributed by atoms with Crippen molar-refractivity contribution in [2.45, 2.75) is 20.3 Å². The number of methoxy groups -OCH3 is 2. The fourth-order valence-electron chi connectivity index (χ4n) is 2.38. The Morgan fingerprint density at radius 1 is 1.14 bits per heavy atom. The van der Waals surface area contributed by atoms with E-state index in [-0.39, 0.29) is 12.5 Å². The number of nitrogens with zero attached hydrogens (tertiary/aromatic N) is 2. The van der Waals surface area contributed by atoms with Gasteiger partial charge in [0.2, 0.25) is 5.91 Å². The van der Waals surface area contributed by atoms with Crippen molar-refractivity contribution in [2.75, 3.05) is 37.9 Å². The topological polar surface area (TPSA) is 106 Å². The van der Waals surface area contributed by atoms with E-state index in [1.54, 1.807) is 18.2 Å². The molecule has 0 saturated carbocycles. The van der Waals surface area contributed by atoms with Crippen molar-refractivity contribution in [3.05, 3.63) is 30.5 Å². The smallest absolute Gasteiger partial charge is 0.322 e. The number of aromatic nitrogens is 1. The zero-order chi connectivity index (χ0) is 20.5. The molecule has 152 valence electrons. The minimum absolute atomic E-state index is 0.119. The van der Waals surface area contributed by atoms with Crippen LogP contribution in [-0.4, -0.2) is 49.3 Å². The third-order valence-corrected chi connectivity index (χ3v) is 3.91. The average Bonchev–Trinajstić information content (AvgIpc) is 3.17. The average molecular weight is 390 g/mol. The number of rotatable bonds is 9. The van der Waals surface area contributed by atoms with E-state index in [4.69, 9.17) is 9.47 Å². The van der Waals surface area contributed by atoms with Crippen LogP contribution in [0, 0.1) is 5.92 Å². The molecule has 2 rings (SSSR count). The summed E-state index contributed by atoms with van der Waals surface area (Å²) in [6.07, 6.45) is 2.11. The van der Waals surface area contributed by atoms with Crippen LogP contribution in [0.15, 0.2) is 35.1 Å². The van der Waals surface area contributed by atoms with Crippen LogP contribution in [0.4, 0.5) is 16.3 Å². The zero-order valence-corrected chi connectivity index (χ0v) is 16.5. The zero-order valence-electron chi connectivity index (χ0n) is 16.5. The van der Waals surface area contributed by atoms with E-state index in [9.17, 15) is 9.59 Å². The van der Waals surface area contributed by atoms with E-state index < -0.39 is 6.03 Å². The van der Waals surface area contributed by atoms with E-state index in [0.29, 0.717) is 35.5 Å². The molecule has 9 heteroatoms. The number of ether oxygens (including phenoxy) is 2. The summed E-state index contributed by atoms with van der Waals surface area (Å²) in [6.45, 7) is 4.42. The molecule has 0 fully saturated rings. The molecule has 2 aromatic rings. The van der Waals surface area contributed by atoms with Crippen LogP contribution in [0.5, 0.6) is 11.5 Å². The van der Waals surface area contributed by atoms with Gasteiger partial charge in [0.25, 0.3) is 0 Å². The van der Waals surface area contributed by atoms with Gasteiger partial charge in [0.05, 0.1) is 14.2 Å². The van der Waals surface area contributed by atoms with Gasteiger partial charge in [-0.15, -0.1) is 0 Å². The third kappa shape index (κ3) is 6.49. The summed E-state index contributed by atoms with van der Waals surface area (Å²) < 4.78 is 15.1. The monoisotopic (exact) mass is 390 g/mol. The van der Waals surface area contributed by atoms with Gasteiger partial charge in [-0.1, -0.05) is 19.0 Å². The van der Waals surface area contributed by atoms with Crippen molar-refractivity contribution in [3.8, 4) is 11.5 Å². The van der Waals surface area contributed by atoms with Crippen LogP contribution in [0.1, 0.15) is 20.3 Å². The summed E-state index contributed by atoms with van der Waals surface area (Å²) in [7, 11) is 3.06. The molecule has 9 nitrogen and oxygen atoms in total. The van der Waals surface area contributed by atoms with Crippen molar-refractivity contribution in [1.82, 2.24) is 10.1 Å². The maximum atomic E-state index is 12.8. The fourth-order valence-corrected chi connectivity index (χ4v) is 2.38. The molecule has 2 N–H and O–H groups in total. The Balaban J connectivity index is 2.08. The molecule has 3 amide bonds. The van der Waals surface area contributed by atoms with Crippen LogP contribution < -0.4 is 20.1 Å². The quantitative estimate of drug-likeness (QED) is 0.681. The molecule has 1 aromatic heterocycles. The Morgan fingerprint density at radius 2 is 1.82 bits per heavy atom. The lowest BCUT2D eigenvalue weighted by molar-refractivity contribution is -0.116. The minimum atomic E-state index is -0.397. The van der Waals surface area contributed by atoms with Crippen molar-refractivity contribution in [3.63, 3.8) is 0 Å². The molecule has 0 unspecified atom stereocenters. The molecule has 0 spiro atoms. The molecule has 0 bridgehead atoms. The second kappa shape index (κ2) is 10.2. The molecule has 0 atom stereocenters. The molecule has 0 aliphatic heterocycles. The molecule has 0 aliphatic rings. The van der Waals surface area contributed by atoms with Crippen LogP contribution >= 0.6 is 0 Å². The third-order valence-electron chi connectivity index (χ3n) is 3.91.